The van der Waals surface area contributed by atoms with Gasteiger partial charge in [-0.3, -0.25) is 0 Å². The van der Waals surface area contributed by atoms with Gasteiger partial charge < -0.3 is 29.2 Å². The van der Waals surface area contributed by atoms with Gasteiger partial charge in [0, 0.05) is 10.6 Å². The number of rotatable bonds is 6. The zero-order valence-corrected chi connectivity index (χ0v) is 17.6. The van der Waals surface area contributed by atoms with Crippen LogP contribution in [0.2, 0.25) is 5.02 Å². The van der Waals surface area contributed by atoms with E-state index in [0.717, 1.165) is 16.9 Å². The van der Waals surface area contributed by atoms with Crippen molar-refractivity contribution in [3.8, 4) is 5.75 Å². The molecule has 2 N–H and O–H groups in total. The van der Waals surface area contributed by atoms with Crippen LogP contribution >= 0.6 is 11.6 Å². The molecule has 0 aromatic heterocycles. The Bertz CT molecular complexity index is 932. The summed E-state index contributed by atoms with van der Waals surface area (Å²) in [5, 5.41) is 21.9. The molecular formula is C23H25ClO6. The monoisotopic (exact) mass is 432 g/mol. The minimum absolute atomic E-state index is 0.0619. The molecule has 2 heterocycles. The maximum atomic E-state index is 11.6. The van der Waals surface area contributed by atoms with Gasteiger partial charge in [0.2, 0.25) is 5.79 Å². The Labute approximate surface area is 180 Å². The second-order valence-electron chi connectivity index (χ2n) is 8.03. The third kappa shape index (κ3) is 3.43. The maximum absolute atomic E-state index is 11.6. The van der Waals surface area contributed by atoms with E-state index in [0.29, 0.717) is 29.9 Å². The summed E-state index contributed by atoms with van der Waals surface area (Å²) in [6, 6.07) is 13.0. The fourth-order valence-corrected chi connectivity index (χ4v) is 4.44. The highest BCUT2D eigenvalue weighted by molar-refractivity contribution is 6.31. The standard InChI is InChI=1S/C23H25ClO6/c1-3-28-17-7-4-14(5-8-17)10-15-11-16(6-9-19(15)24)23-21(27)18(12-25)20(26)22(2,30-23)13-29-23/h4-9,11-12,18,20-21,26-27H,3,10,13H2,1-2H3/t18-,20-,21+,22-,23-/m0/s1. The normalized spacial score (nSPS) is 32.8. The molecular weight excluding hydrogens is 408 g/mol. The lowest BCUT2D eigenvalue weighted by molar-refractivity contribution is -0.305. The molecule has 0 spiro atoms. The Morgan fingerprint density at radius 1 is 1.20 bits per heavy atom. The second-order valence-corrected chi connectivity index (χ2v) is 8.44. The van der Waals surface area contributed by atoms with Crippen molar-refractivity contribution in [2.45, 2.75) is 43.9 Å². The van der Waals surface area contributed by atoms with Crippen LogP contribution in [0, 0.1) is 5.92 Å². The molecule has 0 unspecified atom stereocenters. The van der Waals surface area contributed by atoms with Crippen molar-refractivity contribution in [1.82, 2.24) is 0 Å². The first-order chi connectivity index (χ1) is 14.3. The number of fused-ring (bicyclic) bond motifs is 2. The van der Waals surface area contributed by atoms with Gasteiger partial charge in [-0.1, -0.05) is 29.8 Å². The van der Waals surface area contributed by atoms with Gasteiger partial charge in [-0.25, -0.2) is 0 Å². The van der Waals surface area contributed by atoms with E-state index in [2.05, 4.69) is 0 Å². The van der Waals surface area contributed by atoms with Gasteiger partial charge in [-0.15, -0.1) is 0 Å². The lowest BCUT2D eigenvalue weighted by Crippen LogP contribution is -2.60. The van der Waals surface area contributed by atoms with Crippen LogP contribution < -0.4 is 4.74 Å². The largest absolute Gasteiger partial charge is 0.494 e. The molecule has 0 saturated carbocycles. The van der Waals surface area contributed by atoms with Crippen LogP contribution in [0.25, 0.3) is 0 Å². The van der Waals surface area contributed by atoms with Crippen molar-refractivity contribution >= 4 is 17.9 Å². The number of carbonyl (C=O) groups is 1. The van der Waals surface area contributed by atoms with Crippen LogP contribution in [0.5, 0.6) is 5.75 Å². The van der Waals surface area contributed by atoms with E-state index in [1.165, 1.54) is 0 Å². The summed E-state index contributed by atoms with van der Waals surface area (Å²) < 4.78 is 17.4. The molecule has 0 radical (unpaired) electrons. The lowest BCUT2D eigenvalue weighted by atomic mass is 9.79. The first-order valence-corrected chi connectivity index (χ1v) is 10.4. The summed E-state index contributed by atoms with van der Waals surface area (Å²) in [6.07, 6.45) is -1.38. The second kappa shape index (κ2) is 7.94. The Hall–Kier alpha value is -1.96. The van der Waals surface area contributed by atoms with E-state index in [4.69, 9.17) is 25.8 Å². The summed E-state index contributed by atoms with van der Waals surface area (Å²) in [5.74, 6) is -1.75. The van der Waals surface area contributed by atoms with Gasteiger partial charge in [0.05, 0.1) is 25.2 Å². The fourth-order valence-electron chi connectivity index (χ4n) is 4.26. The highest BCUT2D eigenvalue weighted by Gasteiger charge is 2.65. The highest BCUT2D eigenvalue weighted by Crippen LogP contribution is 2.51. The van der Waals surface area contributed by atoms with Gasteiger partial charge in [0.1, 0.15) is 23.7 Å². The Kier molecular flexibility index (Phi) is 5.64. The molecule has 2 aromatic carbocycles. The van der Waals surface area contributed by atoms with E-state index >= 15 is 0 Å². The molecule has 2 aromatic rings. The van der Waals surface area contributed by atoms with Gasteiger partial charge in [-0.05, 0) is 55.7 Å². The molecule has 0 aliphatic carbocycles. The molecule has 160 valence electrons. The Morgan fingerprint density at radius 3 is 2.60 bits per heavy atom. The number of aliphatic hydroxyl groups excluding tert-OH is 2. The van der Waals surface area contributed by atoms with E-state index < -0.39 is 29.5 Å². The molecule has 7 heteroatoms. The molecule has 0 amide bonds. The van der Waals surface area contributed by atoms with E-state index in [1.54, 1.807) is 19.1 Å². The molecule has 30 heavy (non-hydrogen) atoms. The van der Waals surface area contributed by atoms with Crippen LogP contribution in [0.4, 0.5) is 0 Å². The van der Waals surface area contributed by atoms with E-state index in [-0.39, 0.29) is 6.61 Å². The molecule has 2 fully saturated rings. The molecule has 4 rings (SSSR count). The van der Waals surface area contributed by atoms with Crippen molar-refractivity contribution in [2.75, 3.05) is 13.2 Å². The van der Waals surface area contributed by atoms with Crippen LogP contribution in [-0.2, 0) is 26.5 Å². The summed E-state index contributed by atoms with van der Waals surface area (Å²) in [5.41, 5.74) is 1.34. The SMILES string of the molecule is CCOc1ccc(Cc2cc([C@]34OC[C@](C)(O3)[C@@H](O)[C@H](C=O)[C@H]4O)ccc2Cl)cc1. The third-order valence-electron chi connectivity index (χ3n) is 5.94. The first kappa shape index (κ1) is 21.3. The number of ether oxygens (including phenoxy) is 3. The number of hydrogen-bond donors (Lipinski definition) is 2. The third-order valence-corrected chi connectivity index (χ3v) is 6.31. The van der Waals surface area contributed by atoms with E-state index in [1.807, 2.05) is 37.3 Å². The van der Waals surface area contributed by atoms with Crippen molar-refractivity contribution in [3.63, 3.8) is 0 Å². The molecule has 6 nitrogen and oxygen atoms in total. The molecule has 2 aliphatic rings. The van der Waals surface area contributed by atoms with Crippen molar-refractivity contribution in [3.05, 3.63) is 64.2 Å². The first-order valence-electron chi connectivity index (χ1n) is 9.99. The van der Waals surface area contributed by atoms with Crippen LogP contribution in [0.15, 0.2) is 42.5 Å². The average Bonchev–Trinajstić information content (AvgIpc) is 3.08. The van der Waals surface area contributed by atoms with Gasteiger partial charge in [0.25, 0.3) is 0 Å². The number of aliphatic hydroxyl groups is 2. The van der Waals surface area contributed by atoms with Gasteiger partial charge in [-0.2, -0.15) is 0 Å². The van der Waals surface area contributed by atoms with Gasteiger partial charge in [0.15, 0.2) is 0 Å². The van der Waals surface area contributed by atoms with Crippen LogP contribution in [0.1, 0.15) is 30.5 Å². The number of halogens is 1. The number of carbonyl (C=O) groups excluding carboxylic acids is 1. The minimum atomic E-state index is -1.53. The molecule has 5 atom stereocenters. The molecule has 2 saturated heterocycles. The summed E-state index contributed by atoms with van der Waals surface area (Å²) >= 11 is 6.44. The number of aldehydes is 1. The molecule has 2 bridgehead atoms. The van der Waals surface area contributed by atoms with Crippen LogP contribution in [0.3, 0.4) is 0 Å². The van der Waals surface area contributed by atoms with Crippen LogP contribution in [-0.4, -0.2) is 47.5 Å². The lowest BCUT2D eigenvalue weighted by Gasteiger charge is -2.45. The predicted molar refractivity (Wildman–Crippen MR) is 111 cm³/mol. The molecule has 2 aliphatic heterocycles. The minimum Gasteiger partial charge on any atom is -0.494 e. The zero-order valence-electron chi connectivity index (χ0n) is 16.9. The fraction of sp³-hybridized carbons (Fsp3) is 0.435. The summed E-state index contributed by atoms with van der Waals surface area (Å²) in [4.78, 5) is 11.6. The van der Waals surface area contributed by atoms with Gasteiger partial charge >= 0.3 is 0 Å². The number of hydrogen-bond acceptors (Lipinski definition) is 6. The Morgan fingerprint density at radius 2 is 1.93 bits per heavy atom. The highest BCUT2D eigenvalue weighted by atomic mass is 35.5. The average molecular weight is 433 g/mol. The summed E-state index contributed by atoms with van der Waals surface area (Å²) in [6.45, 7) is 4.28. The Balaban J connectivity index is 1.67. The predicted octanol–water partition coefficient (Wildman–Crippen LogP) is 2.84. The van der Waals surface area contributed by atoms with E-state index in [9.17, 15) is 15.0 Å². The smallest absolute Gasteiger partial charge is 0.223 e. The number of benzene rings is 2. The quantitative estimate of drug-likeness (QED) is 0.683. The zero-order chi connectivity index (χ0) is 21.5. The van der Waals surface area contributed by atoms with Crippen molar-refractivity contribution in [2.24, 2.45) is 5.92 Å². The summed E-state index contributed by atoms with van der Waals surface area (Å²) in [7, 11) is 0. The topological polar surface area (TPSA) is 85.2 Å². The van der Waals surface area contributed by atoms with Crippen molar-refractivity contribution in [1.29, 1.82) is 0 Å². The maximum Gasteiger partial charge on any atom is 0.223 e. The van der Waals surface area contributed by atoms with Crippen molar-refractivity contribution < 1.29 is 29.2 Å².